The Hall–Kier alpha value is -2.92. The SMILES string of the molecule is CCOc1ccc(-n2ccc([C@H]3OCCN3c3ccc(OC)cc3)c2)cc1. The largest absolute Gasteiger partial charge is 0.497 e. The Kier molecular flexibility index (Phi) is 5.03. The molecule has 140 valence electrons. The van der Waals surface area contributed by atoms with E-state index in [0.29, 0.717) is 13.2 Å². The van der Waals surface area contributed by atoms with Crippen molar-refractivity contribution in [2.75, 3.05) is 31.8 Å². The molecule has 1 fully saturated rings. The number of aromatic nitrogens is 1. The number of hydrogen-bond donors (Lipinski definition) is 0. The third-order valence-electron chi connectivity index (χ3n) is 4.74. The monoisotopic (exact) mass is 364 g/mol. The van der Waals surface area contributed by atoms with Crippen LogP contribution in [0.2, 0.25) is 0 Å². The normalized spacial score (nSPS) is 16.5. The molecule has 1 aliphatic heterocycles. The van der Waals surface area contributed by atoms with E-state index in [-0.39, 0.29) is 6.23 Å². The second kappa shape index (κ2) is 7.76. The van der Waals surface area contributed by atoms with Gasteiger partial charge in [-0.05, 0) is 61.5 Å². The van der Waals surface area contributed by atoms with E-state index in [4.69, 9.17) is 14.2 Å². The first-order valence-electron chi connectivity index (χ1n) is 9.22. The van der Waals surface area contributed by atoms with E-state index in [2.05, 4.69) is 52.2 Å². The Balaban J connectivity index is 1.54. The van der Waals surface area contributed by atoms with E-state index in [0.717, 1.165) is 35.0 Å². The van der Waals surface area contributed by atoms with Crippen LogP contribution in [0, 0.1) is 0 Å². The van der Waals surface area contributed by atoms with Crippen molar-refractivity contribution in [3.05, 3.63) is 72.6 Å². The Bertz CT molecular complexity index is 871. The summed E-state index contributed by atoms with van der Waals surface area (Å²) in [5, 5.41) is 0. The van der Waals surface area contributed by atoms with Gasteiger partial charge in [0.1, 0.15) is 11.5 Å². The van der Waals surface area contributed by atoms with Crippen molar-refractivity contribution in [1.29, 1.82) is 0 Å². The van der Waals surface area contributed by atoms with Gasteiger partial charge in [0, 0.05) is 35.9 Å². The van der Waals surface area contributed by atoms with Gasteiger partial charge in [-0.2, -0.15) is 0 Å². The fourth-order valence-corrected chi connectivity index (χ4v) is 3.39. The van der Waals surface area contributed by atoms with Crippen molar-refractivity contribution in [2.45, 2.75) is 13.2 Å². The van der Waals surface area contributed by atoms with E-state index in [1.165, 1.54) is 0 Å². The minimum absolute atomic E-state index is 0.0812. The van der Waals surface area contributed by atoms with Crippen LogP contribution in [0.3, 0.4) is 0 Å². The smallest absolute Gasteiger partial charge is 0.158 e. The number of ether oxygens (including phenoxy) is 3. The molecule has 27 heavy (non-hydrogen) atoms. The van der Waals surface area contributed by atoms with Gasteiger partial charge in [0.2, 0.25) is 0 Å². The van der Waals surface area contributed by atoms with Crippen LogP contribution in [0.15, 0.2) is 67.0 Å². The molecule has 0 bridgehead atoms. The van der Waals surface area contributed by atoms with Gasteiger partial charge in [0.25, 0.3) is 0 Å². The van der Waals surface area contributed by atoms with Crippen molar-refractivity contribution < 1.29 is 14.2 Å². The van der Waals surface area contributed by atoms with Gasteiger partial charge in [-0.3, -0.25) is 0 Å². The quantitative estimate of drug-likeness (QED) is 0.649. The molecule has 0 aliphatic carbocycles. The predicted molar refractivity (Wildman–Crippen MR) is 106 cm³/mol. The highest BCUT2D eigenvalue weighted by Gasteiger charge is 2.28. The summed E-state index contributed by atoms with van der Waals surface area (Å²) >= 11 is 0. The molecule has 1 saturated heterocycles. The number of anilines is 1. The van der Waals surface area contributed by atoms with Crippen LogP contribution < -0.4 is 14.4 Å². The fraction of sp³-hybridized carbons (Fsp3) is 0.273. The lowest BCUT2D eigenvalue weighted by Crippen LogP contribution is -2.22. The molecule has 0 N–H and O–H groups in total. The van der Waals surface area contributed by atoms with Crippen LogP contribution in [0.4, 0.5) is 5.69 Å². The van der Waals surface area contributed by atoms with Crippen LogP contribution in [0.1, 0.15) is 18.7 Å². The van der Waals surface area contributed by atoms with E-state index in [1.807, 2.05) is 31.2 Å². The van der Waals surface area contributed by atoms with E-state index < -0.39 is 0 Å². The van der Waals surface area contributed by atoms with Crippen molar-refractivity contribution in [2.24, 2.45) is 0 Å². The zero-order chi connectivity index (χ0) is 18.6. The molecule has 4 rings (SSSR count). The summed E-state index contributed by atoms with van der Waals surface area (Å²) in [6.45, 7) is 4.24. The predicted octanol–water partition coefficient (Wildman–Crippen LogP) is 4.42. The molecule has 5 heteroatoms. The molecule has 1 aromatic heterocycles. The summed E-state index contributed by atoms with van der Waals surface area (Å²) in [4.78, 5) is 2.28. The molecule has 0 amide bonds. The van der Waals surface area contributed by atoms with Gasteiger partial charge >= 0.3 is 0 Å². The molecule has 0 unspecified atom stereocenters. The van der Waals surface area contributed by atoms with Crippen molar-refractivity contribution >= 4 is 5.69 Å². The third-order valence-corrected chi connectivity index (χ3v) is 4.74. The number of rotatable bonds is 6. The maximum absolute atomic E-state index is 6.02. The molecular weight excluding hydrogens is 340 g/mol. The summed E-state index contributed by atoms with van der Waals surface area (Å²) in [5.41, 5.74) is 3.36. The van der Waals surface area contributed by atoms with Gasteiger partial charge in [-0.25, -0.2) is 0 Å². The van der Waals surface area contributed by atoms with Gasteiger partial charge in [-0.1, -0.05) is 0 Å². The summed E-state index contributed by atoms with van der Waals surface area (Å²) in [5.74, 6) is 1.75. The van der Waals surface area contributed by atoms with E-state index in [9.17, 15) is 0 Å². The summed E-state index contributed by atoms with van der Waals surface area (Å²) in [6, 6.07) is 18.3. The molecule has 1 atom stereocenters. The number of methoxy groups -OCH3 is 1. The number of hydrogen-bond acceptors (Lipinski definition) is 4. The summed E-state index contributed by atoms with van der Waals surface area (Å²) < 4.78 is 18.9. The third kappa shape index (κ3) is 3.64. The van der Waals surface area contributed by atoms with E-state index in [1.54, 1.807) is 7.11 Å². The summed E-state index contributed by atoms with van der Waals surface area (Å²) in [7, 11) is 1.68. The lowest BCUT2D eigenvalue weighted by atomic mass is 10.2. The van der Waals surface area contributed by atoms with Crippen LogP contribution in [-0.2, 0) is 4.74 Å². The number of benzene rings is 2. The highest BCUT2D eigenvalue weighted by Crippen LogP contribution is 2.33. The topological polar surface area (TPSA) is 35.9 Å². The lowest BCUT2D eigenvalue weighted by Gasteiger charge is -2.24. The van der Waals surface area contributed by atoms with Crippen molar-refractivity contribution in [3.63, 3.8) is 0 Å². The lowest BCUT2D eigenvalue weighted by molar-refractivity contribution is 0.114. The molecular formula is C22H24N2O3. The van der Waals surface area contributed by atoms with Gasteiger partial charge < -0.3 is 23.7 Å². The highest BCUT2D eigenvalue weighted by atomic mass is 16.5. The second-order valence-electron chi connectivity index (χ2n) is 6.39. The summed E-state index contributed by atoms with van der Waals surface area (Å²) in [6.07, 6.45) is 4.11. The molecule has 1 aliphatic rings. The Labute approximate surface area is 159 Å². The van der Waals surface area contributed by atoms with Gasteiger partial charge in [0.05, 0.1) is 20.3 Å². The van der Waals surface area contributed by atoms with Crippen LogP contribution >= 0.6 is 0 Å². The first-order chi connectivity index (χ1) is 13.3. The Morgan fingerprint density at radius 1 is 0.963 bits per heavy atom. The molecule has 0 saturated carbocycles. The maximum atomic E-state index is 6.02. The molecule has 0 spiro atoms. The molecule has 2 heterocycles. The molecule has 0 radical (unpaired) electrons. The van der Waals surface area contributed by atoms with Gasteiger partial charge in [-0.15, -0.1) is 0 Å². The second-order valence-corrected chi connectivity index (χ2v) is 6.39. The van der Waals surface area contributed by atoms with Crippen LogP contribution in [0.25, 0.3) is 5.69 Å². The standard InChI is InChI=1S/C22H24N2O3/c1-3-26-21-10-4-18(5-11-21)23-13-12-17(16-23)22-24(14-15-27-22)19-6-8-20(25-2)9-7-19/h4-13,16,22H,3,14-15H2,1-2H3/t22-/m1/s1. The molecule has 2 aromatic carbocycles. The van der Waals surface area contributed by atoms with Crippen molar-refractivity contribution in [1.82, 2.24) is 4.57 Å². The Morgan fingerprint density at radius 2 is 1.67 bits per heavy atom. The highest BCUT2D eigenvalue weighted by molar-refractivity contribution is 5.51. The maximum Gasteiger partial charge on any atom is 0.158 e. The zero-order valence-corrected chi connectivity index (χ0v) is 15.7. The van der Waals surface area contributed by atoms with E-state index >= 15 is 0 Å². The van der Waals surface area contributed by atoms with Crippen LogP contribution in [0.5, 0.6) is 11.5 Å². The average Bonchev–Trinajstić information content (AvgIpc) is 3.38. The van der Waals surface area contributed by atoms with Gasteiger partial charge in [0.15, 0.2) is 6.23 Å². The molecule has 3 aromatic rings. The first kappa shape index (κ1) is 17.5. The van der Waals surface area contributed by atoms with Crippen molar-refractivity contribution in [3.8, 4) is 17.2 Å². The minimum atomic E-state index is -0.0812. The first-order valence-corrected chi connectivity index (χ1v) is 9.22. The zero-order valence-electron chi connectivity index (χ0n) is 15.7. The number of nitrogens with zero attached hydrogens (tertiary/aromatic N) is 2. The minimum Gasteiger partial charge on any atom is -0.497 e. The molecule has 5 nitrogen and oxygen atoms in total. The fourth-order valence-electron chi connectivity index (χ4n) is 3.39. The average molecular weight is 364 g/mol. The Morgan fingerprint density at radius 3 is 2.37 bits per heavy atom. The van der Waals surface area contributed by atoms with Crippen LogP contribution in [-0.4, -0.2) is 31.4 Å².